The van der Waals surface area contributed by atoms with E-state index in [-0.39, 0.29) is 24.4 Å². The summed E-state index contributed by atoms with van der Waals surface area (Å²) in [6.07, 6.45) is 3.57. The van der Waals surface area contributed by atoms with Crippen LogP contribution in [0, 0.1) is 0 Å². The van der Waals surface area contributed by atoms with Crippen LogP contribution >= 0.6 is 11.6 Å². The first kappa shape index (κ1) is 20.6. The zero-order valence-corrected chi connectivity index (χ0v) is 18.0. The van der Waals surface area contributed by atoms with E-state index < -0.39 is 0 Å². The number of benzene rings is 1. The fourth-order valence-electron chi connectivity index (χ4n) is 4.13. The molecule has 6 nitrogen and oxygen atoms in total. The van der Waals surface area contributed by atoms with Gasteiger partial charge in [0.2, 0.25) is 0 Å². The second-order valence-electron chi connectivity index (χ2n) is 7.89. The summed E-state index contributed by atoms with van der Waals surface area (Å²) >= 11 is 6.05. The maximum Gasteiger partial charge on any atom is 0.278 e. The first-order chi connectivity index (χ1) is 14.5. The Morgan fingerprint density at radius 2 is 1.77 bits per heavy atom. The van der Waals surface area contributed by atoms with E-state index in [0.717, 1.165) is 25.9 Å². The molecule has 4 rings (SSSR count). The molecule has 156 valence electrons. The number of halogens is 1. The second-order valence-corrected chi connectivity index (χ2v) is 8.33. The van der Waals surface area contributed by atoms with Gasteiger partial charge in [0.25, 0.3) is 11.8 Å². The maximum atomic E-state index is 13.5. The number of carbonyl (C=O) groups excluding carboxylic acids is 2. The molecule has 30 heavy (non-hydrogen) atoms. The van der Waals surface area contributed by atoms with E-state index in [9.17, 15) is 9.59 Å². The summed E-state index contributed by atoms with van der Waals surface area (Å²) in [5.41, 5.74) is 2.29. The molecule has 1 saturated heterocycles. The minimum Gasteiger partial charge on any atom is -0.366 e. The Morgan fingerprint density at radius 1 is 1.07 bits per heavy atom. The van der Waals surface area contributed by atoms with Crippen molar-refractivity contribution in [3.8, 4) is 0 Å². The van der Waals surface area contributed by atoms with Gasteiger partial charge in [0.1, 0.15) is 5.70 Å². The number of imide groups is 1. The molecular weight excluding hydrogens is 400 g/mol. The zero-order chi connectivity index (χ0) is 21.3. The molecule has 0 N–H and O–H groups in total. The van der Waals surface area contributed by atoms with Crippen LogP contribution in [0.25, 0.3) is 5.57 Å². The van der Waals surface area contributed by atoms with Gasteiger partial charge in [-0.3, -0.25) is 19.5 Å². The Morgan fingerprint density at radius 3 is 2.40 bits per heavy atom. The Hall–Kier alpha value is -2.70. The minimum atomic E-state index is -0.289. The molecule has 0 bridgehead atoms. The molecule has 0 unspecified atom stereocenters. The number of aromatic nitrogens is 1. The zero-order valence-electron chi connectivity index (χ0n) is 17.2. The lowest BCUT2D eigenvalue weighted by Gasteiger charge is -2.36. The van der Waals surface area contributed by atoms with Gasteiger partial charge in [-0.2, -0.15) is 0 Å². The molecule has 0 atom stereocenters. The van der Waals surface area contributed by atoms with Crippen LogP contribution in [0.2, 0.25) is 5.02 Å². The van der Waals surface area contributed by atoms with Crippen LogP contribution in [0.3, 0.4) is 0 Å². The first-order valence-corrected chi connectivity index (χ1v) is 10.5. The van der Waals surface area contributed by atoms with E-state index in [4.69, 9.17) is 11.6 Å². The van der Waals surface area contributed by atoms with Crippen LogP contribution in [0.15, 0.2) is 54.4 Å². The maximum absolute atomic E-state index is 13.5. The van der Waals surface area contributed by atoms with Crippen molar-refractivity contribution >= 4 is 29.0 Å². The molecule has 2 amide bonds. The fourth-order valence-corrected chi connectivity index (χ4v) is 4.26. The largest absolute Gasteiger partial charge is 0.366 e. The van der Waals surface area contributed by atoms with Crippen LogP contribution in [0.4, 0.5) is 0 Å². The summed E-state index contributed by atoms with van der Waals surface area (Å²) in [4.78, 5) is 36.7. The van der Waals surface area contributed by atoms with Crippen LogP contribution in [0.1, 0.15) is 24.1 Å². The highest BCUT2D eigenvalue weighted by Gasteiger charge is 2.42. The Bertz CT molecular complexity index is 966. The molecule has 0 saturated carbocycles. The van der Waals surface area contributed by atoms with Crippen molar-refractivity contribution in [2.24, 2.45) is 0 Å². The number of hydrogen-bond acceptors (Lipinski definition) is 5. The number of piperidine rings is 1. The van der Waals surface area contributed by atoms with Crippen molar-refractivity contribution in [1.29, 1.82) is 0 Å². The molecule has 1 aromatic heterocycles. The quantitative estimate of drug-likeness (QED) is 0.690. The molecule has 2 aromatic rings. The SMILES string of the molecule is CN1CCC(N(C)C2=C(c3ccc(Cl)cc3)C(=O)N(Cc3ccccn3)C2=O)CC1. The van der Waals surface area contributed by atoms with Gasteiger partial charge in [-0.1, -0.05) is 29.8 Å². The number of hydrogen-bond donors (Lipinski definition) is 0. The number of nitrogens with zero attached hydrogens (tertiary/aromatic N) is 4. The summed E-state index contributed by atoms with van der Waals surface area (Å²) in [5, 5.41) is 0.590. The molecule has 7 heteroatoms. The topological polar surface area (TPSA) is 56.8 Å². The highest BCUT2D eigenvalue weighted by Crippen LogP contribution is 2.34. The molecule has 0 radical (unpaired) electrons. The second kappa shape index (κ2) is 8.58. The Labute approximate surface area is 181 Å². The average Bonchev–Trinajstić information content (AvgIpc) is 3.00. The highest BCUT2D eigenvalue weighted by molar-refractivity contribution is 6.35. The molecule has 1 aromatic carbocycles. The number of amides is 2. The first-order valence-electron chi connectivity index (χ1n) is 10.1. The molecule has 2 aliphatic heterocycles. The lowest BCUT2D eigenvalue weighted by molar-refractivity contribution is -0.138. The van der Waals surface area contributed by atoms with E-state index >= 15 is 0 Å². The van der Waals surface area contributed by atoms with Gasteiger partial charge in [-0.25, -0.2) is 0 Å². The van der Waals surface area contributed by atoms with Crippen LogP contribution in [0.5, 0.6) is 0 Å². The van der Waals surface area contributed by atoms with Crippen molar-refractivity contribution < 1.29 is 9.59 Å². The fraction of sp³-hybridized carbons (Fsp3) is 0.348. The van der Waals surface area contributed by atoms with Gasteiger partial charge in [-0.05, 0) is 62.8 Å². The van der Waals surface area contributed by atoms with E-state index in [2.05, 4.69) is 16.9 Å². The molecule has 3 heterocycles. The average molecular weight is 425 g/mol. The number of likely N-dealkylation sites (tertiary alicyclic amines) is 1. The normalized spacial score (nSPS) is 18.4. The molecule has 2 aliphatic rings. The van der Waals surface area contributed by atoms with E-state index in [1.165, 1.54) is 4.90 Å². The van der Waals surface area contributed by atoms with Crippen molar-refractivity contribution in [3.05, 3.63) is 70.6 Å². The smallest absolute Gasteiger partial charge is 0.278 e. The molecule has 0 aliphatic carbocycles. The van der Waals surface area contributed by atoms with Crippen LogP contribution in [-0.2, 0) is 16.1 Å². The van der Waals surface area contributed by atoms with Crippen molar-refractivity contribution in [3.63, 3.8) is 0 Å². The van der Waals surface area contributed by atoms with Crippen LogP contribution < -0.4 is 0 Å². The summed E-state index contributed by atoms with van der Waals surface area (Å²) < 4.78 is 0. The predicted octanol–water partition coefficient (Wildman–Crippen LogP) is 3.04. The van der Waals surface area contributed by atoms with Gasteiger partial charge in [-0.15, -0.1) is 0 Å². The third-order valence-electron chi connectivity index (χ3n) is 5.91. The lowest BCUT2D eigenvalue weighted by Crippen LogP contribution is -2.43. The third kappa shape index (κ3) is 3.98. The minimum absolute atomic E-state index is 0.153. The highest BCUT2D eigenvalue weighted by atomic mass is 35.5. The van der Waals surface area contributed by atoms with Crippen molar-refractivity contribution in [2.75, 3.05) is 27.2 Å². The van der Waals surface area contributed by atoms with E-state index in [0.29, 0.717) is 27.6 Å². The van der Waals surface area contributed by atoms with Crippen molar-refractivity contribution in [1.82, 2.24) is 19.7 Å². The van der Waals surface area contributed by atoms with Gasteiger partial charge in [0.15, 0.2) is 0 Å². The van der Waals surface area contributed by atoms with Gasteiger partial charge >= 0.3 is 0 Å². The number of pyridine rings is 1. The standard InChI is InChI=1S/C23H25ClN4O2/c1-26-13-10-19(11-14-26)27(2)21-20(16-6-8-17(24)9-7-16)22(29)28(23(21)30)15-18-5-3-4-12-25-18/h3-9,12,19H,10-11,13-15H2,1-2H3. The molecule has 1 fully saturated rings. The summed E-state index contributed by atoms with van der Waals surface area (Å²) in [6, 6.07) is 12.8. The summed E-state index contributed by atoms with van der Waals surface area (Å²) in [7, 11) is 4.03. The summed E-state index contributed by atoms with van der Waals surface area (Å²) in [5.74, 6) is -0.556. The van der Waals surface area contributed by atoms with Gasteiger partial charge in [0.05, 0.1) is 17.8 Å². The third-order valence-corrected chi connectivity index (χ3v) is 6.16. The van der Waals surface area contributed by atoms with Crippen LogP contribution in [-0.4, -0.2) is 64.7 Å². The molecule has 0 spiro atoms. The molecular formula is C23H25ClN4O2. The van der Waals surface area contributed by atoms with Gasteiger partial charge in [0, 0.05) is 24.3 Å². The summed E-state index contributed by atoms with van der Waals surface area (Å²) in [6.45, 7) is 2.09. The van der Waals surface area contributed by atoms with E-state index in [1.807, 2.05) is 30.1 Å². The van der Waals surface area contributed by atoms with Crippen molar-refractivity contribution in [2.45, 2.75) is 25.4 Å². The number of likely N-dealkylation sites (N-methyl/N-ethyl adjacent to an activating group) is 1. The van der Waals surface area contributed by atoms with E-state index in [1.54, 1.807) is 30.5 Å². The Balaban J connectivity index is 1.71. The Kier molecular flexibility index (Phi) is 5.88. The van der Waals surface area contributed by atoms with Gasteiger partial charge < -0.3 is 9.80 Å². The number of rotatable bonds is 5. The monoisotopic (exact) mass is 424 g/mol. The number of carbonyl (C=O) groups is 2. The lowest BCUT2D eigenvalue weighted by atomic mass is 10.0. The predicted molar refractivity (Wildman–Crippen MR) is 116 cm³/mol.